The summed E-state index contributed by atoms with van der Waals surface area (Å²) in [4.78, 5) is 11.7. The van der Waals surface area contributed by atoms with E-state index in [2.05, 4.69) is 30.7 Å². The average molecular weight is 258 g/mol. The standard InChI is InChI=1S/C13H26N2OS/c1-4-6-10(2)15-13(16)9-14-11-7-5-8-12(11)17-3/h10-12,14H,4-9H2,1-3H3,(H,15,16). The third-order valence-electron chi connectivity index (χ3n) is 3.41. The monoisotopic (exact) mass is 258 g/mol. The molecule has 0 aromatic carbocycles. The van der Waals surface area contributed by atoms with Crippen LogP contribution < -0.4 is 10.6 Å². The zero-order valence-corrected chi connectivity index (χ0v) is 12.1. The van der Waals surface area contributed by atoms with Crippen LogP contribution in [0.2, 0.25) is 0 Å². The topological polar surface area (TPSA) is 41.1 Å². The van der Waals surface area contributed by atoms with Gasteiger partial charge >= 0.3 is 0 Å². The summed E-state index contributed by atoms with van der Waals surface area (Å²) in [5.41, 5.74) is 0. The van der Waals surface area contributed by atoms with Crippen LogP contribution >= 0.6 is 11.8 Å². The number of carbonyl (C=O) groups is 1. The molecular formula is C13H26N2OS. The number of nitrogens with one attached hydrogen (secondary N) is 2. The summed E-state index contributed by atoms with van der Waals surface area (Å²) < 4.78 is 0. The SMILES string of the molecule is CCCC(C)NC(=O)CNC1CCCC1SC. The van der Waals surface area contributed by atoms with Gasteiger partial charge in [-0.1, -0.05) is 19.8 Å². The lowest BCUT2D eigenvalue weighted by Gasteiger charge is -2.20. The summed E-state index contributed by atoms with van der Waals surface area (Å²) in [6.07, 6.45) is 8.12. The van der Waals surface area contributed by atoms with E-state index in [1.165, 1.54) is 19.3 Å². The van der Waals surface area contributed by atoms with Crippen LogP contribution in [-0.4, -0.2) is 36.0 Å². The fraction of sp³-hybridized carbons (Fsp3) is 0.923. The zero-order valence-electron chi connectivity index (χ0n) is 11.3. The normalized spacial score (nSPS) is 25.8. The fourth-order valence-corrected chi connectivity index (χ4v) is 3.46. The molecule has 0 bridgehead atoms. The Balaban J connectivity index is 2.19. The highest BCUT2D eigenvalue weighted by Crippen LogP contribution is 2.28. The molecule has 1 aliphatic carbocycles. The molecule has 0 aromatic heterocycles. The van der Waals surface area contributed by atoms with Crippen LogP contribution in [0.15, 0.2) is 0 Å². The average Bonchev–Trinajstić information content (AvgIpc) is 2.73. The van der Waals surface area contributed by atoms with Gasteiger partial charge in [0.2, 0.25) is 5.91 Å². The maximum atomic E-state index is 11.7. The molecule has 2 N–H and O–H groups in total. The van der Waals surface area contributed by atoms with Crippen LogP contribution in [0.1, 0.15) is 46.0 Å². The molecule has 0 aliphatic heterocycles. The minimum atomic E-state index is 0.137. The molecule has 0 saturated heterocycles. The van der Waals surface area contributed by atoms with Gasteiger partial charge in [0.05, 0.1) is 6.54 Å². The van der Waals surface area contributed by atoms with Gasteiger partial charge in [-0.3, -0.25) is 4.79 Å². The second kappa shape index (κ2) is 7.98. The van der Waals surface area contributed by atoms with Crippen molar-refractivity contribution in [1.82, 2.24) is 10.6 Å². The Kier molecular flexibility index (Phi) is 6.97. The molecule has 1 saturated carbocycles. The first-order chi connectivity index (χ1) is 8.17. The highest BCUT2D eigenvalue weighted by molar-refractivity contribution is 7.99. The quantitative estimate of drug-likeness (QED) is 0.735. The van der Waals surface area contributed by atoms with Crippen LogP contribution in [0.5, 0.6) is 0 Å². The Morgan fingerprint density at radius 1 is 1.47 bits per heavy atom. The van der Waals surface area contributed by atoms with Gasteiger partial charge in [-0.25, -0.2) is 0 Å². The first-order valence-electron chi connectivity index (χ1n) is 6.73. The number of thioether (sulfide) groups is 1. The summed E-state index contributed by atoms with van der Waals surface area (Å²) in [5.74, 6) is 0.137. The molecule has 100 valence electrons. The van der Waals surface area contributed by atoms with Crippen LogP contribution in [0.4, 0.5) is 0 Å². The third-order valence-corrected chi connectivity index (χ3v) is 4.58. The summed E-state index contributed by atoms with van der Waals surface area (Å²) in [7, 11) is 0. The van der Waals surface area contributed by atoms with Crippen molar-refractivity contribution in [3.05, 3.63) is 0 Å². The maximum absolute atomic E-state index is 11.7. The van der Waals surface area contributed by atoms with Crippen molar-refractivity contribution >= 4 is 17.7 Å². The van der Waals surface area contributed by atoms with Crippen LogP contribution in [0, 0.1) is 0 Å². The zero-order chi connectivity index (χ0) is 12.7. The highest BCUT2D eigenvalue weighted by Gasteiger charge is 2.26. The summed E-state index contributed by atoms with van der Waals surface area (Å²) in [6.45, 7) is 4.68. The lowest BCUT2D eigenvalue weighted by atomic mass is 10.2. The van der Waals surface area contributed by atoms with Gasteiger partial charge in [-0.05, 0) is 32.4 Å². The van der Waals surface area contributed by atoms with E-state index in [0.717, 1.165) is 12.8 Å². The molecule has 1 amide bonds. The van der Waals surface area contributed by atoms with E-state index in [-0.39, 0.29) is 5.91 Å². The Morgan fingerprint density at radius 3 is 2.88 bits per heavy atom. The van der Waals surface area contributed by atoms with Gasteiger partial charge in [0, 0.05) is 17.3 Å². The van der Waals surface area contributed by atoms with E-state index in [1.807, 2.05) is 11.8 Å². The summed E-state index contributed by atoms with van der Waals surface area (Å²) >= 11 is 1.92. The van der Waals surface area contributed by atoms with E-state index >= 15 is 0 Å². The molecule has 3 atom stereocenters. The fourth-order valence-electron chi connectivity index (χ4n) is 2.50. The molecule has 4 heteroatoms. The van der Waals surface area contributed by atoms with E-state index in [4.69, 9.17) is 0 Å². The largest absolute Gasteiger partial charge is 0.353 e. The second-order valence-corrected chi connectivity index (χ2v) is 6.03. The molecule has 0 aromatic rings. The Bertz CT molecular complexity index is 235. The number of hydrogen-bond acceptors (Lipinski definition) is 3. The molecule has 3 unspecified atom stereocenters. The van der Waals surface area contributed by atoms with E-state index < -0.39 is 0 Å². The molecular weight excluding hydrogens is 232 g/mol. The van der Waals surface area contributed by atoms with E-state index in [0.29, 0.717) is 23.9 Å². The van der Waals surface area contributed by atoms with Gasteiger partial charge in [0.25, 0.3) is 0 Å². The number of rotatable bonds is 7. The lowest BCUT2D eigenvalue weighted by molar-refractivity contribution is -0.121. The van der Waals surface area contributed by atoms with Crippen molar-refractivity contribution in [2.45, 2.75) is 63.3 Å². The van der Waals surface area contributed by atoms with E-state index in [1.54, 1.807) is 0 Å². The molecule has 0 heterocycles. The molecule has 17 heavy (non-hydrogen) atoms. The van der Waals surface area contributed by atoms with Crippen LogP contribution in [0.3, 0.4) is 0 Å². The summed E-state index contributed by atoms with van der Waals surface area (Å²) in [5, 5.41) is 7.12. The predicted octanol–water partition coefficient (Wildman–Crippen LogP) is 2.16. The van der Waals surface area contributed by atoms with Gasteiger partial charge in [-0.15, -0.1) is 0 Å². The Hall–Kier alpha value is -0.220. The number of carbonyl (C=O) groups excluding carboxylic acids is 1. The molecule has 1 rings (SSSR count). The predicted molar refractivity (Wildman–Crippen MR) is 75.5 cm³/mol. The van der Waals surface area contributed by atoms with Gasteiger partial charge in [0.1, 0.15) is 0 Å². The van der Waals surface area contributed by atoms with Crippen molar-refractivity contribution in [3.63, 3.8) is 0 Å². The van der Waals surface area contributed by atoms with Gasteiger partial charge < -0.3 is 10.6 Å². The van der Waals surface area contributed by atoms with Gasteiger partial charge in [-0.2, -0.15) is 11.8 Å². The third kappa shape index (κ3) is 5.30. The maximum Gasteiger partial charge on any atom is 0.234 e. The van der Waals surface area contributed by atoms with Gasteiger partial charge in [0.15, 0.2) is 0 Å². The van der Waals surface area contributed by atoms with Crippen molar-refractivity contribution in [1.29, 1.82) is 0 Å². The highest BCUT2D eigenvalue weighted by atomic mass is 32.2. The van der Waals surface area contributed by atoms with Crippen molar-refractivity contribution in [3.8, 4) is 0 Å². The van der Waals surface area contributed by atoms with Crippen LogP contribution in [-0.2, 0) is 4.79 Å². The lowest BCUT2D eigenvalue weighted by Crippen LogP contribution is -2.44. The molecule has 0 radical (unpaired) electrons. The summed E-state index contributed by atoms with van der Waals surface area (Å²) in [6, 6.07) is 0.825. The Morgan fingerprint density at radius 2 is 2.24 bits per heavy atom. The number of hydrogen-bond donors (Lipinski definition) is 2. The number of amides is 1. The Labute approximate surface area is 109 Å². The second-order valence-electron chi connectivity index (χ2n) is 4.95. The molecule has 3 nitrogen and oxygen atoms in total. The first kappa shape index (κ1) is 14.8. The minimum Gasteiger partial charge on any atom is -0.353 e. The first-order valence-corrected chi connectivity index (χ1v) is 8.01. The molecule has 0 spiro atoms. The minimum absolute atomic E-state index is 0.137. The molecule has 1 fully saturated rings. The smallest absolute Gasteiger partial charge is 0.234 e. The molecule has 1 aliphatic rings. The van der Waals surface area contributed by atoms with Crippen molar-refractivity contribution in [2.75, 3.05) is 12.8 Å². The van der Waals surface area contributed by atoms with E-state index in [9.17, 15) is 4.79 Å². The van der Waals surface area contributed by atoms with Crippen LogP contribution in [0.25, 0.3) is 0 Å². The van der Waals surface area contributed by atoms with Crippen molar-refractivity contribution < 1.29 is 4.79 Å². The van der Waals surface area contributed by atoms with Crippen molar-refractivity contribution in [2.24, 2.45) is 0 Å².